The van der Waals surface area contributed by atoms with Crippen molar-refractivity contribution in [2.24, 2.45) is 0 Å². The van der Waals surface area contributed by atoms with Crippen LogP contribution in [0.1, 0.15) is 28.4 Å². The molecule has 0 aromatic heterocycles. The molecule has 2 aromatic rings. The van der Waals surface area contributed by atoms with Crippen molar-refractivity contribution >= 4 is 11.6 Å². The minimum Gasteiger partial charge on any atom is -0.381 e. The Hall–Kier alpha value is -2.29. The van der Waals surface area contributed by atoms with Gasteiger partial charge < -0.3 is 10.6 Å². The summed E-state index contributed by atoms with van der Waals surface area (Å²) in [7, 11) is 0. The van der Waals surface area contributed by atoms with Crippen molar-refractivity contribution in [3.05, 3.63) is 65.2 Å². The molecule has 3 heteroatoms. The number of benzene rings is 2. The third-order valence-electron chi connectivity index (χ3n) is 3.21. The highest BCUT2D eigenvalue weighted by molar-refractivity contribution is 5.95. The molecule has 0 bridgehead atoms. The first-order valence-corrected chi connectivity index (χ1v) is 6.87. The Morgan fingerprint density at radius 3 is 2.65 bits per heavy atom. The van der Waals surface area contributed by atoms with E-state index in [1.54, 1.807) is 0 Å². The Labute approximate surface area is 120 Å². The lowest BCUT2D eigenvalue weighted by Crippen LogP contribution is -2.22. The fourth-order valence-corrected chi connectivity index (χ4v) is 2.04. The summed E-state index contributed by atoms with van der Waals surface area (Å²) in [5, 5.41) is 6.16. The highest BCUT2D eigenvalue weighted by Gasteiger charge is 2.04. The molecular formula is C17H20N2O. The maximum Gasteiger partial charge on any atom is 0.251 e. The molecule has 20 heavy (non-hydrogen) atoms. The maximum atomic E-state index is 11.8. The molecule has 1 amide bonds. The van der Waals surface area contributed by atoms with Crippen LogP contribution >= 0.6 is 0 Å². The van der Waals surface area contributed by atoms with Gasteiger partial charge in [-0.2, -0.15) is 0 Å². The fourth-order valence-electron chi connectivity index (χ4n) is 2.04. The topological polar surface area (TPSA) is 41.1 Å². The highest BCUT2D eigenvalue weighted by Crippen LogP contribution is 2.14. The second kappa shape index (κ2) is 6.75. The van der Waals surface area contributed by atoms with Crippen LogP contribution in [-0.2, 0) is 6.54 Å². The van der Waals surface area contributed by atoms with E-state index >= 15 is 0 Å². The smallest absolute Gasteiger partial charge is 0.251 e. The van der Waals surface area contributed by atoms with Gasteiger partial charge in [0, 0.05) is 24.3 Å². The van der Waals surface area contributed by atoms with Crippen LogP contribution < -0.4 is 10.6 Å². The van der Waals surface area contributed by atoms with Crippen molar-refractivity contribution in [3.63, 3.8) is 0 Å². The molecule has 2 aromatic carbocycles. The molecule has 0 fully saturated rings. The molecule has 0 saturated heterocycles. The normalized spacial score (nSPS) is 10.1. The van der Waals surface area contributed by atoms with Crippen molar-refractivity contribution in [3.8, 4) is 0 Å². The van der Waals surface area contributed by atoms with Gasteiger partial charge in [-0.25, -0.2) is 0 Å². The van der Waals surface area contributed by atoms with Crippen LogP contribution in [0, 0.1) is 6.92 Å². The molecule has 104 valence electrons. The van der Waals surface area contributed by atoms with E-state index in [4.69, 9.17) is 0 Å². The Morgan fingerprint density at radius 2 is 1.90 bits per heavy atom. The molecule has 2 N–H and O–H groups in total. The van der Waals surface area contributed by atoms with Crippen molar-refractivity contribution in [2.75, 3.05) is 11.9 Å². The number of nitrogens with one attached hydrogen (secondary N) is 2. The predicted octanol–water partition coefficient (Wildman–Crippen LogP) is 3.36. The molecule has 0 radical (unpaired) electrons. The van der Waals surface area contributed by atoms with Crippen LogP contribution in [0.3, 0.4) is 0 Å². The second-order valence-electron chi connectivity index (χ2n) is 4.72. The first kappa shape index (κ1) is 14.1. The lowest BCUT2D eigenvalue weighted by molar-refractivity contribution is 0.0956. The average molecular weight is 268 g/mol. The van der Waals surface area contributed by atoms with Crippen LogP contribution in [-0.4, -0.2) is 12.5 Å². The van der Waals surface area contributed by atoms with Gasteiger partial charge in [-0.15, -0.1) is 0 Å². The van der Waals surface area contributed by atoms with Crippen LogP contribution in [0.5, 0.6) is 0 Å². The fraction of sp³-hybridized carbons (Fsp3) is 0.235. The third-order valence-corrected chi connectivity index (χ3v) is 3.21. The molecule has 0 aliphatic heterocycles. The Balaban J connectivity index is 2.05. The first-order valence-electron chi connectivity index (χ1n) is 6.87. The zero-order valence-corrected chi connectivity index (χ0v) is 11.9. The molecule has 0 heterocycles. The number of carbonyl (C=O) groups excluding carboxylic acids is 1. The summed E-state index contributed by atoms with van der Waals surface area (Å²) in [5.74, 6) is -0.0351. The molecule has 0 aliphatic rings. The van der Waals surface area contributed by atoms with E-state index in [9.17, 15) is 4.79 Å². The standard InChI is InChI=1S/C17H20N2O/c1-3-18-17(20)14-9-6-10-16(11-14)19-12-15-8-5-4-7-13(15)2/h4-11,19H,3,12H2,1-2H3,(H,18,20). The molecule has 2 rings (SSSR count). The summed E-state index contributed by atoms with van der Waals surface area (Å²) < 4.78 is 0. The lowest BCUT2D eigenvalue weighted by atomic mass is 10.1. The largest absolute Gasteiger partial charge is 0.381 e. The summed E-state index contributed by atoms with van der Waals surface area (Å²) in [6.45, 7) is 5.41. The van der Waals surface area contributed by atoms with Gasteiger partial charge in [-0.05, 0) is 43.2 Å². The number of hydrogen-bond donors (Lipinski definition) is 2. The van der Waals surface area contributed by atoms with Crippen molar-refractivity contribution < 1.29 is 4.79 Å². The van der Waals surface area contributed by atoms with Crippen molar-refractivity contribution in [1.82, 2.24) is 5.32 Å². The number of aryl methyl sites for hydroxylation is 1. The molecule has 0 spiro atoms. The van der Waals surface area contributed by atoms with Crippen LogP contribution in [0.4, 0.5) is 5.69 Å². The molecule has 0 atom stereocenters. The molecule has 0 aliphatic carbocycles. The molecule has 3 nitrogen and oxygen atoms in total. The van der Waals surface area contributed by atoms with E-state index in [0.717, 1.165) is 12.2 Å². The van der Waals surface area contributed by atoms with E-state index < -0.39 is 0 Å². The van der Waals surface area contributed by atoms with Gasteiger partial charge in [0.15, 0.2) is 0 Å². The van der Waals surface area contributed by atoms with Crippen LogP contribution in [0.15, 0.2) is 48.5 Å². The SMILES string of the molecule is CCNC(=O)c1cccc(NCc2ccccc2C)c1. The molecule has 0 unspecified atom stereocenters. The summed E-state index contributed by atoms with van der Waals surface area (Å²) in [5.41, 5.74) is 4.16. The van der Waals surface area contributed by atoms with E-state index in [1.165, 1.54) is 11.1 Å². The van der Waals surface area contributed by atoms with Gasteiger partial charge in [-0.3, -0.25) is 4.79 Å². The summed E-state index contributed by atoms with van der Waals surface area (Å²) in [4.78, 5) is 11.8. The number of amides is 1. The zero-order valence-electron chi connectivity index (χ0n) is 11.9. The van der Waals surface area contributed by atoms with Gasteiger partial charge in [-0.1, -0.05) is 30.3 Å². The average Bonchev–Trinajstić information content (AvgIpc) is 2.47. The Morgan fingerprint density at radius 1 is 1.10 bits per heavy atom. The van der Waals surface area contributed by atoms with Gasteiger partial charge in [0.05, 0.1) is 0 Å². The second-order valence-corrected chi connectivity index (χ2v) is 4.72. The van der Waals surface area contributed by atoms with Gasteiger partial charge >= 0.3 is 0 Å². The summed E-state index contributed by atoms with van der Waals surface area (Å²) >= 11 is 0. The zero-order chi connectivity index (χ0) is 14.4. The van der Waals surface area contributed by atoms with E-state index in [0.29, 0.717) is 12.1 Å². The lowest BCUT2D eigenvalue weighted by Gasteiger charge is -2.10. The molecular weight excluding hydrogens is 248 g/mol. The first-order chi connectivity index (χ1) is 9.70. The predicted molar refractivity (Wildman–Crippen MR) is 83.0 cm³/mol. The Bertz CT molecular complexity index is 593. The van der Waals surface area contributed by atoms with Crippen LogP contribution in [0.25, 0.3) is 0 Å². The van der Waals surface area contributed by atoms with Gasteiger partial charge in [0.1, 0.15) is 0 Å². The van der Waals surface area contributed by atoms with E-state index in [2.05, 4.69) is 29.7 Å². The van der Waals surface area contributed by atoms with E-state index in [-0.39, 0.29) is 5.91 Å². The number of carbonyl (C=O) groups is 1. The highest BCUT2D eigenvalue weighted by atomic mass is 16.1. The third kappa shape index (κ3) is 3.60. The van der Waals surface area contributed by atoms with Crippen molar-refractivity contribution in [2.45, 2.75) is 20.4 Å². The van der Waals surface area contributed by atoms with Crippen LogP contribution in [0.2, 0.25) is 0 Å². The summed E-state index contributed by atoms with van der Waals surface area (Å²) in [6, 6.07) is 15.8. The maximum absolute atomic E-state index is 11.8. The quantitative estimate of drug-likeness (QED) is 0.873. The number of rotatable bonds is 5. The summed E-state index contributed by atoms with van der Waals surface area (Å²) in [6.07, 6.45) is 0. The van der Waals surface area contributed by atoms with E-state index in [1.807, 2.05) is 43.3 Å². The van der Waals surface area contributed by atoms with Gasteiger partial charge in [0.2, 0.25) is 0 Å². The monoisotopic (exact) mass is 268 g/mol. The van der Waals surface area contributed by atoms with Gasteiger partial charge in [0.25, 0.3) is 5.91 Å². The Kier molecular flexibility index (Phi) is 4.77. The van der Waals surface area contributed by atoms with Crippen molar-refractivity contribution in [1.29, 1.82) is 0 Å². The minimum absolute atomic E-state index is 0.0351. The number of hydrogen-bond acceptors (Lipinski definition) is 2. The number of anilines is 1. The minimum atomic E-state index is -0.0351. The molecule has 0 saturated carbocycles.